The van der Waals surface area contributed by atoms with Crippen LogP contribution in [-0.4, -0.2) is 173 Å². The number of anilines is 3. The van der Waals surface area contributed by atoms with Crippen molar-refractivity contribution in [2.45, 2.75) is 26.6 Å². The van der Waals surface area contributed by atoms with E-state index in [0.29, 0.717) is 148 Å². The lowest BCUT2D eigenvalue weighted by Crippen LogP contribution is -2.11. The molecule has 95 heavy (non-hydrogen) atoms. The third kappa shape index (κ3) is 19.1. The van der Waals surface area contributed by atoms with E-state index in [2.05, 4.69) is 76.8 Å². The zero-order chi connectivity index (χ0) is 65.3. The molecule has 0 aliphatic carbocycles. The Morgan fingerprint density at radius 1 is 0.453 bits per heavy atom. The number of nitrogens with one attached hydrogen (secondary N) is 6. The van der Waals surface area contributed by atoms with Crippen LogP contribution >= 0.6 is 12.4 Å². The zero-order valence-electron chi connectivity index (χ0n) is 52.2. The Balaban J connectivity index is 0.000000167. The largest absolute Gasteiger partial charge is 0.451 e. The van der Waals surface area contributed by atoms with Gasteiger partial charge < -0.3 is 57.6 Å². The highest BCUT2D eigenvalue weighted by Gasteiger charge is 2.23. The van der Waals surface area contributed by atoms with Crippen molar-refractivity contribution in [3.05, 3.63) is 182 Å². The van der Waals surface area contributed by atoms with Crippen molar-refractivity contribution in [1.29, 1.82) is 0 Å². The number of rotatable bonds is 30. The van der Waals surface area contributed by atoms with Crippen LogP contribution in [0.2, 0.25) is 0 Å². The highest BCUT2D eigenvalue weighted by molar-refractivity contribution is 6.06. The number of carbonyl (C=O) groups is 3. The van der Waals surface area contributed by atoms with Gasteiger partial charge in [-0.3, -0.25) is 58.7 Å². The standard InChI is InChI=1S/C22H24N6O4.2C21H22N6O4.ClH/c1-15-16(13-24-26-15)19-6-7-20(32-19)22(29)25-18-14-28(9-10-31-12-11-30-2)27-21(18)17-5-3-4-8-23-17;2*1-29-10-11-30-9-8-27-14-17(20(26-27)16-4-2-3-7-22-16)25-21(28)19-6-5-18(31-19)15-12-23-24-13-15;/h3-8,13-14H,9-12H2,1-2H3,(H,24,26)(H,25,29);2*2-7,12-14H,8-11H2,1H3,(H,23,24)(H,25,28);1H. The van der Waals surface area contributed by atoms with E-state index in [9.17, 15) is 14.4 Å². The van der Waals surface area contributed by atoms with Gasteiger partial charge >= 0.3 is 0 Å². The maximum atomic E-state index is 12.9. The monoisotopic (exact) mass is 1320 g/mol. The van der Waals surface area contributed by atoms with Gasteiger partial charge in [0.15, 0.2) is 17.3 Å². The van der Waals surface area contributed by atoms with E-state index in [1.165, 1.54) is 0 Å². The Morgan fingerprint density at radius 3 is 1.14 bits per heavy atom. The molecular weight excluding hydrogens is 1250 g/mol. The van der Waals surface area contributed by atoms with Gasteiger partial charge in [0.1, 0.15) is 34.4 Å². The van der Waals surface area contributed by atoms with Crippen molar-refractivity contribution in [3.8, 4) is 68.1 Å². The first-order chi connectivity index (χ1) is 46.1. The molecule has 30 nitrogen and oxygen atoms in total. The zero-order valence-corrected chi connectivity index (χ0v) is 53.0. The normalized spacial score (nSPS) is 10.9. The summed E-state index contributed by atoms with van der Waals surface area (Å²) in [5.41, 5.74) is 8.41. The van der Waals surface area contributed by atoms with Crippen LogP contribution in [0.25, 0.3) is 68.1 Å². The lowest BCUT2D eigenvalue weighted by molar-refractivity contribution is 0.0654. The maximum Gasteiger partial charge on any atom is 0.291 e. The van der Waals surface area contributed by atoms with Gasteiger partial charge in [0.05, 0.1) is 149 Å². The third-order valence-electron chi connectivity index (χ3n) is 13.6. The number of H-pyrrole nitrogens is 3. The topological polar surface area (TPSA) is 360 Å². The molecule has 12 heterocycles. The molecule has 3 amide bonds. The minimum absolute atomic E-state index is 0. The fourth-order valence-corrected chi connectivity index (χ4v) is 8.92. The number of aromatic amines is 3. The van der Waals surface area contributed by atoms with E-state index in [0.717, 1.165) is 22.4 Å². The van der Waals surface area contributed by atoms with E-state index >= 15 is 0 Å². The van der Waals surface area contributed by atoms with Crippen LogP contribution in [0.3, 0.4) is 0 Å². The smallest absolute Gasteiger partial charge is 0.291 e. The Morgan fingerprint density at radius 2 is 0.821 bits per heavy atom. The number of furan rings is 3. The van der Waals surface area contributed by atoms with Crippen LogP contribution in [0, 0.1) is 6.92 Å². The first-order valence-corrected chi connectivity index (χ1v) is 29.5. The molecule has 0 fully saturated rings. The number of aryl methyl sites for hydroxylation is 1. The van der Waals surface area contributed by atoms with E-state index in [1.807, 2.05) is 61.5 Å². The number of halogens is 1. The highest BCUT2D eigenvalue weighted by atomic mass is 35.5. The summed E-state index contributed by atoms with van der Waals surface area (Å²) in [4.78, 5) is 51.5. The number of hydrogen-bond acceptors (Lipinski definition) is 21. The number of methoxy groups -OCH3 is 3. The number of ether oxygens (including phenoxy) is 6. The minimum Gasteiger partial charge on any atom is -0.451 e. The van der Waals surface area contributed by atoms with Crippen LogP contribution in [-0.2, 0) is 48.1 Å². The van der Waals surface area contributed by atoms with E-state index in [-0.39, 0.29) is 47.4 Å². The minimum atomic E-state index is -0.386. The second-order valence-corrected chi connectivity index (χ2v) is 20.2. The van der Waals surface area contributed by atoms with Crippen molar-refractivity contribution in [2.75, 3.05) is 96.7 Å². The number of pyridine rings is 3. The number of aromatic nitrogens is 15. The quantitative estimate of drug-likeness (QED) is 0.0228. The molecule has 0 aliphatic rings. The summed E-state index contributed by atoms with van der Waals surface area (Å²) in [5, 5.41) is 42.4. The second-order valence-electron chi connectivity index (χ2n) is 20.2. The van der Waals surface area contributed by atoms with Crippen LogP contribution < -0.4 is 16.0 Å². The Hall–Kier alpha value is -11.0. The molecule has 0 bridgehead atoms. The van der Waals surface area contributed by atoms with Crippen LogP contribution in [0.5, 0.6) is 0 Å². The molecule has 0 aromatic carbocycles. The summed E-state index contributed by atoms with van der Waals surface area (Å²) in [6.07, 6.45) is 18.6. The average Bonchev–Trinajstić information content (AvgIpc) is 1.85. The molecule has 0 radical (unpaired) electrons. The molecule has 0 spiro atoms. The molecule has 12 aromatic heterocycles. The first-order valence-electron chi connectivity index (χ1n) is 29.5. The molecule has 0 saturated carbocycles. The number of hydrogen-bond donors (Lipinski definition) is 6. The Bertz CT molecular complexity index is 4060. The summed E-state index contributed by atoms with van der Waals surface area (Å²) < 4.78 is 53.7. The lowest BCUT2D eigenvalue weighted by Gasteiger charge is -2.03. The summed E-state index contributed by atoms with van der Waals surface area (Å²) in [7, 11) is 4.88. The molecule has 12 rings (SSSR count). The van der Waals surface area contributed by atoms with Gasteiger partial charge in [-0.05, 0) is 79.7 Å². The lowest BCUT2D eigenvalue weighted by atomic mass is 10.2. The number of nitrogens with zero attached hydrogens (tertiary/aromatic N) is 12. The van der Waals surface area contributed by atoms with Gasteiger partial charge in [0.2, 0.25) is 0 Å². The molecule has 0 atom stereocenters. The van der Waals surface area contributed by atoms with Crippen LogP contribution in [0.4, 0.5) is 17.1 Å². The fraction of sp³-hybridized carbons (Fsp3) is 0.250. The van der Waals surface area contributed by atoms with Crippen molar-refractivity contribution >= 4 is 47.2 Å². The predicted molar refractivity (Wildman–Crippen MR) is 349 cm³/mol. The molecule has 0 aliphatic heterocycles. The van der Waals surface area contributed by atoms with Crippen LogP contribution in [0.1, 0.15) is 37.4 Å². The Labute approximate surface area is 549 Å². The van der Waals surface area contributed by atoms with Gasteiger partial charge in [0, 0.05) is 76.6 Å². The SMILES string of the molecule is COCCOCCn1cc(NC(=O)c2ccc(-c3cn[nH]c3)o2)c(-c2ccccn2)n1.COCCOCCn1cc(NC(=O)c2ccc(-c3cn[nH]c3)o2)c(-c2ccccn2)n1.COCCOCCn1cc(NC(=O)c2ccc(-c3cn[nH]c3C)o2)c(-c2ccccn2)n1.Cl. The fourth-order valence-electron chi connectivity index (χ4n) is 8.92. The molecule has 0 unspecified atom stereocenters. The van der Waals surface area contributed by atoms with E-state index in [4.69, 9.17) is 41.7 Å². The molecule has 494 valence electrons. The van der Waals surface area contributed by atoms with Crippen molar-refractivity contribution in [3.63, 3.8) is 0 Å². The molecular formula is C64H69ClN18O12. The van der Waals surface area contributed by atoms with E-state index in [1.54, 1.807) is 140 Å². The first kappa shape index (κ1) is 68.4. The third-order valence-corrected chi connectivity index (χ3v) is 13.6. The van der Waals surface area contributed by atoms with Gasteiger partial charge in [-0.25, -0.2) is 0 Å². The van der Waals surface area contributed by atoms with Gasteiger partial charge in [0.25, 0.3) is 17.7 Å². The summed E-state index contributed by atoms with van der Waals surface area (Å²) >= 11 is 0. The Kier molecular flexibility index (Phi) is 25.3. The van der Waals surface area contributed by atoms with Gasteiger partial charge in [-0.2, -0.15) is 30.6 Å². The number of carbonyl (C=O) groups excluding carboxylic acids is 3. The molecule has 12 aromatic rings. The van der Waals surface area contributed by atoms with Gasteiger partial charge in [-0.15, -0.1) is 12.4 Å². The number of amides is 3. The summed E-state index contributed by atoms with van der Waals surface area (Å²) in [5.74, 6) is 1.05. The van der Waals surface area contributed by atoms with E-state index < -0.39 is 0 Å². The molecule has 31 heteroatoms. The van der Waals surface area contributed by atoms with Crippen LogP contribution in [0.15, 0.2) is 172 Å². The highest BCUT2D eigenvalue weighted by Crippen LogP contribution is 2.31. The van der Waals surface area contributed by atoms with Crippen molar-refractivity contribution in [2.24, 2.45) is 0 Å². The van der Waals surface area contributed by atoms with Crippen molar-refractivity contribution in [1.82, 2.24) is 74.9 Å². The average molecular weight is 1320 g/mol. The second kappa shape index (κ2) is 35.2. The molecule has 6 N–H and O–H groups in total. The summed E-state index contributed by atoms with van der Waals surface area (Å²) in [6, 6.07) is 26.6. The predicted octanol–water partition coefficient (Wildman–Crippen LogP) is 9.26. The van der Waals surface area contributed by atoms with Gasteiger partial charge in [-0.1, -0.05) is 18.2 Å². The maximum absolute atomic E-state index is 12.9. The van der Waals surface area contributed by atoms with Crippen molar-refractivity contribution < 1.29 is 56.1 Å². The molecule has 0 saturated heterocycles. The summed E-state index contributed by atoms with van der Waals surface area (Å²) in [6.45, 7) is 7.95.